The van der Waals surface area contributed by atoms with Gasteiger partial charge in [0.05, 0.1) is 11.8 Å². The van der Waals surface area contributed by atoms with Crippen LogP contribution in [0.4, 0.5) is 5.69 Å². The van der Waals surface area contributed by atoms with E-state index in [2.05, 4.69) is 11.4 Å². The zero-order valence-electron chi connectivity index (χ0n) is 16.0. The number of carbonyl (C=O) groups excluding carboxylic acids is 2. The minimum atomic E-state index is -0.262. The third kappa shape index (κ3) is 2.86. The highest BCUT2D eigenvalue weighted by molar-refractivity contribution is 5.97. The summed E-state index contributed by atoms with van der Waals surface area (Å²) < 4.78 is 11.3. The molecule has 5 atom stereocenters. The number of amides is 1. The lowest BCUT2D eigenvalue weighted by atomic mass is 9.79. The maximum atomic E-state index is 12.8. The predicted octanol–water partition coefficient (Wildman–Crippen LogP) is 4.23. The van der Waals surface area contributed by atoms with E-state index in [4.69, 9.17) is 9.47 Å². The molecule has 5 rings (SSSR count). The highest BCUT2D eigenvalue weighted by Crippen LogP contribution is 2.57. The number of benzene rings is 2. The van der Waals surface area contributed by atoms with Gasteiger partial charge in [0, 0.05) is 11.6 Å². The van der Waals surface area contributed by atoms with Crippen LogP contribution < -0.4 is 10.1 Å². The number of nitrogens with one attached hydrogen (secondary N) is 1. The standard InChI is InChI=1S/C23H23NO4/c1-12-7-13(2)9-17(8-12)27-16-5-3-15(4-6-16)24-22(25)20-14-10-18-19(11-14)28-23(26)21(18)20/h3-9,14,18-21H,10-11H2,1-2H3,(H,24,25)/t14-,18+,19+,20-,21+/m1/s1. The highest BCUT2D eigenvalue weighted by atomic mass is 16.6. The summed E-state index contributed by atoms with van der Waals surface area (Å²) in [6, 6.07) is 13.4. The number of aryl methyl sites for hydroxylation is 2. The molecule has 0 radical (unpaired) electrons. The molecule has 28 heavy (non-hydrogen) atoms. The minimum absolute atomic E-state index is 0.0493. The van der Waals surface area contributed by atoms with Crippen molar-refractivity contribution in [2.24, 2.45) is 23.7 Å². The molecule has 2 aromatic carbocycles. The summed E-state index contributed by atoms with van der Waals surface area (Å²) in [5.74, 6) is 1.24. The van der Waals surface area contributed by atoms with E-state index < -0.39 is 0 Å². The van der Waals surface area contributed by atoms with Gasteiger partial charge in [0.2, 0.25) is 5.91 Å². The van der Waals surface area contributed by atoms with Gasteiger partial charge in [-0.15, -0.1) is 0 Å². The number of fused-ring (bicyclic) bond motifs is 1. The van der Waals surface area contributed by atoms with E-state index in [0.29, 0.717) is 11.4 Å². The number of anilines is 1. The van der Waals surface area contributed by atoms with Crippen LogP contribution in [-0.2, 0) is 14.3 Å². The Hall–Kier alpha value is -2.82. The number of esters is 1. The second-order valence-corrected chi connectivity index (χ2v) is 8.36. The Balaban J connectivity index is 1.26. The van der Waals surface area contributed by atoms with Crippen molar-refractivity contribution in [3.05, 3.63) is 53.6 Å². The van der Waals surface area contributed by atoms with Gasteiger partial charge in [0.15, 0.2) is 0 Å². The van der Waals surface area contributed by atoms with Crippen molar-refractivity contribution >= 4 is 17.6 Å². The molecule has 2 aromatic rings. The monoisotopic (exact) mass is 377 g/mol. The Morgan fingerprint density at radius 2 is 1.75 bits per heavy atom. The number of rotatable bonds is 4. The average Bonchev–Trinajstić information content (AvgIpc) is 3.25. The second kappa shape index (κ2) is 6.36. The number of hydrogen-bond acceptors (Lipinski definition) is 4. The fourth-order valence-corrected chi connectivity index (χ4v) is 5.32. The Morgan fingerprint density at radius 3 is 2.46 bits per heavy atom. The van der Waals surface area contributed by atoms with E-state index >= 15 is 0 Å². The van der Waals surface area contributed by atoms with Gasteiger partial charge in [0.1, 0.15) is 17.6 Å². The molecule has 1 saturated heterocycles. The molecule has 144 valence electrons. The van der Waals surface area contributed by atoms with Gasteiger partial charge in [0.25, 0.3) is 0 Å². The fourth-order valence-electron chi connectivity index (χ4n) is 5.32. The van der Waals surface area contributed by atoms with Crippen molar-refractivity contribution in [1.29, 1.82) is 0 Å². The van der Waals surface area contributed by atoms with E-state index in [1.807, 2.05) is 50.2 Å². The van der Waals surface area contributed by atoms with Crippen LogP contribution in [0.2, 0.25) is 0 Å². The highest BCUT2D eigenvalue weighted by Gasteiger charge is 2.63. The molecule has 3 aliphatic rings. The fraction of sp³-hybridized carbons (Fsp3) is 0.391. The molecule has 2 aliphatic carbocycles. The van der Waals surface area contributed by atoms with Gasteiger partial charge in [-0.3, -0.25) is 9.59 Å². The van der Waals surface area contributed by atoms with E-state index in [1.165, 1.54) is 0 Å². The van der Waals surface area contributed by atoms with Crippen LogP contribution in [0.1, 0.15) is 24.0 Å². The summed E-state index contributed by atoms with van der Waals surface area (Å²) in [6.45, 7) is 4.08. The van der Waals surface area contributed by atoms with Crippen molar-refractivity contribution in [1.82, 2.24) is 0 Å². The van der Waals surface area contributed by atoms with Crippen molar-refractivity contribution < 1.29 is 19.1 Å². The van der Waals surface area contributed by atoms with Crippen molar-refractivity contribution in [2.75, 3.05) is 5.32 Å². The molecule has 1 amide bonds. The summed E-state index contributed by atoms with van der Waals surface area (Å²) in [5.41, 5.74) is 3.01. The van der Waals surface area contributed by atoms with Crippen molar-refractivity contribution in [3.8, 4) is 11.5 Å². The summed E-state index contributed by atoms with van der Waals surface area (Å²) in [5, 5.41) is 2.98. The zero-order chi connectivity index (χ0) is 19.4. The van der Waals surface area contributed by atoms with Crippen LogP contribution in [0.5, 0.6) is 11.5 Å². The average molecular weight is 377 g/mol. The van der Waals surface area contributed by atoms with Gasteiger partial charge < -0.3 is 14.8 Å². The zero-order valence-corrected chi connectivity index (χ0v) is 16.0. The lowest BCUT2D eigenvalue weighted by Crippen LogP contribution is -2.35. The lowest BCUT2D eigenvalue weighted by molar-refractivity contribution is -0.145. The SMILES string of the molecule is Cc1cc(C)cc(Oc2ccc(NC(=O)[C@@H]3[C@@H]4C[C@@H]5[C@@H]3C(=O)O[C@H]5C4)cc2)c1. The minimum Gasteiger partial charge on any atom is -0.462 e. The Morgan fingerprint density at radius 1 is 1.04 bits per heavy atom. The lowest BCUT2D eigenvalue weighted by Gasteiger charge is -2.23. The first-order chi connectivity index (χ1) is 13.5. The molecule has 3 fully saturated rings. The third-order valence-electron chi connectivity index (χ3n) is 6.34. The third-order valence-corrected chi connectivity index (χ3v) is 6.34. The van der Waals surface area contributed by atoms with Crippen LogP contribution in [0.25, 0.3) is 0 Å². The molecule has 0 aromatic heterocycles. The molecule has 1 N–H and O–H groups in total. The topological polar surface area (TPSA) is 64.6 Å². The van der Waals surface area contributed by atoms with Crippen molar-refractivity contribution in [3.63, 3.8) is 0 Å². The summed E-state index contributed by atoms with van der Waals surface area (Å²) in [4.78, 5) is 24.9. The second-order valence-electron chi connectivity index (χ2n) is 8.36. The summed E-state index contributed by atoms with van der Waals surface area (Å²) >= 11 is 0. The van der Waals surface area contributed by atoms with Gasteiger partial charge in [-0.2, -0.15) is 0 Å². The molecule has 0 unspecified atom stereocenters. The van der Waals surface area contributed by atoms with Gasteiger partial charge >= 0.3 is 5.97 Å². The van der Waals surface area contributed by atoms with E-state index in [0.717, 1.165) is 29.7 Å². The van der Waals surface area contributed by atoms with E-state index in [9.17, 15) is 9.59 Å². The van der Waals surface area contributed by atoms with E-state index in [-0.39, 0.29) is 41.7 Å². The molecule has 2 saturated carbocycles. The molecule has 1 heterocycles. The molecular weight excluding hydrogens is 354 g/mol. The van der Waals surface area contributed by atoms with Gasteiger partial charge in [-0.05, 0) is 80.1 Å². The molecule has 5 nitrogen and oxygen atoms in total. The number of hydrogen-bond donors (Lipinski definition) is 1. The first kappa shape index (κ1) is 17.3. The molecular formula is C23H23NO4. The summed E-state index contributed by atoms with van der Waals surface area (Å²) in [7, 11) is 0. The van der Waals surface area contributed by atoms with Crippen LogP contribution in [0.15, 0.2) is 42.5 Å². The van der Waals surface area contributed by atoms with Gasteiger partial charge in [-0.1, -0.05) is 6.07 Å². The smallest absolute Gasteiger partial charge is 0.310 e. The van der Waals surface area contributed by atoms with Crippen LogP contribution in [-0.4, -0.2) is 18.0 Å². The van der Waals surface area contributed by atoms with Crippen molar-refractivity contribution in [2.45, 2.75) is 32.8 Å². The Bertz CT molecular complexity index is 929. The predicted molar refractivity (Wildman–Crippen MR) is 104 cm³/mol. The normalized spacial score (nSPS) is 29.6. The quantitative estimate of drug-likeness (QED) is 0.810. The summed E-state index contributed by atoms with van der Waals surface area (Å²) in [6.07, 6.45) is 1.81. The number of carbonyl (C=O) groups is 2. The first-order valence-corrected chi connectivity index (χ1v) is 9.85. The maximum Gasteiger partial charge on any atom is 0.310 e. The van der Waals surface area contributed by atoms with Crippen LogP contribution in [0, 0.1) is 37.5 Å². The van der Waals surface area contributed by atoms with Gasteiger partial charge in [-0.25, -0.2) is 0 Å². The van der Waals surface area contributed by atoms with Crippen LogP contribution in [0.3, 0.4) is 0 Å². The van der Waals surface area contributed by atoms with E-state index in [1.54, 1.807) is 0 Å². The Kier molecular flexibility index (Phi) is 3.93. The number of ether oxygens (including phenoxy) is 2. The Labute approximate surface area is 164 Å². The molecule has 5 heteroatoms. The largest absolute Gasteiger partial charge is 0.462 e. The molecule has 1 aliphatic heterocycles. The maximum absolute atomic E-state index is 12.8. The van der Waals surface area contributed by atoms with Crippen LogP contribution >= 0.6 is 0 Å². The molecule has 0 spiro atoms. The first-order valence-electron chi connectivity index (χ1n) is 9.85. The molecule has 2 bridgehead atoms.